The van der Waals surface area contributed by atoms with Crippen LogP contribution in [0.5, 0.6) is 17.2 Å². The predicted molar refractivity (Wildman–Crippen MR) is 107 cm³/mol. The van der Waals surface area contributed by atoms with E-state index in [0.717, 1.165) is 12.1 Å². The van der Waals surface area contributed by atoms with Crippen molar-refractivity contribution in [1.29, 1.82) is 0 Å². The van der Waals surface area contributed by atoms with Crippen molar-refractivity contribution in [2.75, 3.05) is 48.5 Å². The van der Waals surface area contributed by atoms with Crippen molar-refractivity contribution >= 4 is 11.9 Å². The normalized spacial score (nSPS) is 11.2. The molecule has 0 saturated carbocycles. The van der Waals surface area contributed by atoms with E-state index in [1.807, 2.05) is 12.1 Å². The summed E-state index contributed by atoms with van der Waals surface area (Å²) in [5, 5.41) is 6.31. The molecule has 0 spiro atoms. The summed E-state index contributed by atoms with van der Waals surface area (Å²) in [5.41, 5.74) is 0.897. The van der Waals surface area contributed by atoms with Gasteiger partial charge in [-0.15, -0.1) is 0 Å². The Morgan fingerprint density at radius 3 is 2.11 bits per heavy atom. The van der Waals surface area contributed by atoms with E-state index < -0.39 is 0 Å². The van der Waals surface area contributed by atoms with Gasteiger partial charge in [0.05, 0.1) is 34.4 Å². The number of hydrogen-bond donors (Lipinski definition) is 2. The number of carbonyl (C=O) groups is 1. The molecule has 0 aromatic heterocycles. The molecule has 1 aromatic carbocycles. The minimum atomic E-state index is -0.0261. The molecule has 0 atom stereocenters. The van der Waals surface area contributed by atoms with Crippen molar-refractivity contribution < 1.29 is 19.0 Å². The average molecular weight is 380 g/mol. The van der Waals surface area contributed by atoms with Crippen LogP contribution in [-0.4, -0.2) is 65.3 Å². The third-order valence-corrected chi connectivity index (χ3v) is 3.73. The molecule has 0 bridgehead atoms. The smallest absolute Gasteiger partial charge is 0.241 e. The van der Waals surface area contributed by atoms with E-state index in [4.69, 9.17) is 14.2 Å². The van der Waals surface area contributed by atoms with Gasteiger partial charge < -0.3 is 29.7 Å². The number of benzene rings is 1. The van der Waals surface area contributed by atoms with Gasteiger partial charge in [0.15, 0.2) is 17.5 Å². The SMILES string of the molecule is COc1cc(CN=C(NCC(=O)N(C)C)NCC(C)C)cc(OC)c1OC. The number of nitrogens with zero attached hydrogens (tertiary/aromatic N) is 2. The average Bonchev–Trinajstić information content (AvgIpc) is 2.65. The van der Waals surface area contributed by atoms with Crippen LogP contribution in [0.2, 0.25) is 0 Å². The molecule has 0 fully saturated rings. The lowest BCUT2D eigenvalue weighted by Crippen LogP contribution is -2.44. The molecular weight excluding hydrogens is 348 g/mol. The van der Waals surface area contributed by atoms with Gasteiger partial charge in [0.2, 0.25) is 11.7 Å². The quantitative estimate of drug-likeness (QED) is 0.499. The van der Waals surface area contributed by atoms with Gasteiger partial charge in [-0.05, 0) is 23.6 Å². The topological polar surface area (TPSA) is 84.4 Å². The highest BCUT2D eigenvalue weighted by Crippen LogP contribution is 2.38. The molecule has 27 heavy (non-hydrogen) atoms. The van der Waals surface area contributed by atoms with Crippen LogP contribution in [0.25, 0.3) is 0 Å². The zero-order chi connectivity index (χ0) is 20.4. The summed E-state index contributed by atoms with van der Waals surface area (Å²) in [7, 11) is 8.16. The van der Waals surface area contributed by atoms with E-state index >= 15 is 0 Å². The third kappa shape index (κ3) is 7.24. The first-order valence-electron chi connectivity index (χ1n) is 8.83. The van der Waals surface area contributed by atoms with Crippen molar-refractivity contribution in [2.24, 2.45) is 10.9 Å². The molecule has 0 heterocycles. The van der Waals surface area contributed by atoms with Gasteiger partial charge in [-0.25, -0.2) is 4.99 Å². The van der Waals surface area contributed by atoms with E-state index in [2.05, 4.69) is 29.5 Å². The molecule has 0 unspecified atom stereocenters. The number of nitrogens with one attached hydrogen (secondary N) is 2. The van der Waals surface area contributed by atoms with Crippen molar-refractivity contribution in [1.82, 2.24) is 15.5 Å². The second kappa shape index (κ2) is 11.2. The minimum Gasteiger partial charge on any atom is -0.493 e. The molecule has 0 saturated heterocycles. The van der Waals surface area contributed by atoms with E-state index in [1.165, 1.54) is 4.90 Å². The fourth-order valence-electron chi connectivity index (χ4n) is 2.19. The summed E-state index contributed by atoms with van der Waals surface area (Å²) in [4.78, 5) is 17.9. The Kier molecular flexibility index (Phi) is 9.25. The van der Waals surface area contributed by atoms with Gasteiger partial charge in [-0.3, -0.25) is 4.79 Å². The van der Waals surface area contributed by atoms with Crippen molar-refractivity contribution in [3.8, 4) is 17.2 Å². The Hall–Kier alpha value is -2.64. The monoisotopic (exact) mass is 380 g/mol. The lowest BCUT2D eigenvalue weighted by atomic mass is 10.2. The zero-order valence-corrected chi connectivity index (χ0v) is 17.4. The summed E-state index contributed by atoms with van der Waals surface area (Å²) in [6, 6.07) is 3.71. The standard InChI is InChI=1S/C19H32N4O4/c1-13(2)10-20-19(22-12-17(24)23(3)4)21-11-14-8-15(25-5)18(27-7)16(9-14)26-6/h8-9,13H,10-12H2,1-7H3,(H2,20,21,22). The number of methoxy groups -OCH3 is 3. The van der Waals surface area contributed by atoms with Crippen molar-refractivity contribution in [3.05, 3.63) is 17.7 Å². The summed E-state index contributed by atoms with van der Waals surface area (Å²) in [6.07, 6.45) is 0. The highest BCUT2D eigenvalue weighted by atomic mass is 16.5. The number of likely N-dealkylation sites (N-methyl/N-ethyl adjacent to an activating group) is 1. The van der Waals surface area contributed by atoms with Crippen LogP contribution in [0.15, 0.2) is 17.1 Å². The second-order valence-electron chi connectivity index (χ2n) is 6.61. The molecule has 1 rings (SSSR count). The van der Waals surface area contributed by atoms with Gasteiger partial charge >= 0.3 is 0 Å². The number of aliphatic imine (C=N–C) groups is 1. The molecule has 0 aliphatic rings. The van der Waals surface area contributed by atoms with E-state index in [0.29, 0.717) is 35.7 Å². The van der Waals surface area contributed by atoms with Crippen LogP contribution in [0, 0.1) is 5.92 Å². The molecule has 8 heteroatoms. The van der Waals surface area contributed by atoms with Crippen LogP contribution in [0.3, 0.4) is 0 Å². The Balaban J connectivity index is 2.97. The molecule has 2 N–H and O–H groups in total. The molecule has 152 valence electrons. The van der Waals surface area contributed by atoms with Gasteiger partial charge in [0, 0.05) is 20.6 Å². The Labute approximate surface area is 161 Å². The number of rotatable bonds is 9. The maximum atomic E-state index is 11.8. The maximum Gasteiger partial charge on any atom is 0.241 e. The third-order valence-electron chi connectivity index (χ3n) is 3.73. The number of carbonyl (C=O) groups excluding carboxylic acids is 1. The molecule has 1 amide bonds. The lowest BCUT2D eigenvalue weighted by molar-refractivity contribution is -0.127. The highest BCUT2D eigenvalue weighted by molar-refractivity contribution is 5.86. The van der Waals surface area contributed by atoms with Crippen molar-refractivity contribution in [3.63, 3.8) is 0 Å². The zero-order valence-electron chi connectivity index (χ0n) is 17.4. The van der Waals surface area contributed by atoms with Crippen LogP contribution in [0.4, 0.5) is 0 Å². The van der Waals surface area contributed by atoms with E-state index in [-0.39, 0.29) is 12.5 Å². The molecule has 1 aromatic rings. The molecule has 0 aliphatic heterocycles. The van der Waals surface area contributed by atoms with Gasteiger partial charge in [-0.2, -0.15) is 0 Å². The molecule has 8 nitrogen and oxygen atoms in total. The highest BCUT2D eigenvalue weighted by Gasteiger charge is 2.13. The Bertz CT molecular complexity index is 620. The molecule has 0 radical (unpaired) electrons. The molecule has 0 aliphatic carbocycles. The minimum absolute atomic E-state index is 0.0261. The van der Waals surface area contributed by atoms with Crippen LogP contribution >= 0.6 is 0 Å². The lowest BCUT2D eigenvalue weighted by Gasteiger charge is -2.16. The van der Waals surface area contributed by atoms with E-state index in [9.17, 15) is 4.79 Å². The summed E-state index contributed by atoms with van der Waals surface area (Å²) < 4.78 is 16.1. The van der Waals surface area contributed by atoms with E-state index in [1.54, 1.807) is 35.4 Å². The fourth-order valence-corrected chi connectivity index (χ4v) is 2.19. The Morgan fingerprint density at radius 2 is 1.67 bits per heavy atom. The predicted octanol–water partition coefficient (Wildman–Crippen LogP) is 1.49. The first kappa shape index (κ1) is 22.4. The number of guanidine groups is 1. The summed E-state index contributed by atoms with van der Waals surface area (Å²) in [5.74, 6) is 2.70. The molecular formula is C19H32N4O4. The maximum absolute atomic E-state index is 11.8. The van der Waals surface area contributed by atoms with Crippen LogP contribution in [0.1, 0.15) is 19.4 Å². The summed E-state index contributed by atoms with van der Waals surface area (Å²) >= 11 is 0. The van der Waals surface area contributed by atoms with Crippen LogP contribution in [-0.2, 0) is 11.3 Å². The second-order valence-corrected chi connectivity index (χ2v) is 6.61. The van der Waals surface area contributed by atoms with Crippen LogP contribution < -0.4 is 24.8 Å². The van der Waals surface area contributed by atoms with Gasteiger partial charge in [0.25, 0.3) is 0 Å². The Morgan fingerprint density at radius 1 is 1.07 bits per heavy atom. The number of hydrogen-bond acceptors (Lipinski definition) is 5. The fraction of sp³-hybridized carbons (Fsp3) is 0.579. The first-order valence-corrected chi connectivity index (χ1v) is 8.83. The summed E-state index contributed by atoms with van der Waals surface area (Å²) in [6.45, 7) is 5.52. The number of ether oxygens (including phenoxy) is 3. The van der Waals surface area contributed by atoms with Crippen molar-refractivity contribution in [2.45, 2.75) is 20.4 Å². The first-order chi connectivity index (χ1) is 12.8. The largest absolute Gasteiger partial charge is 0.493 e. The number of amides is 1. The van der Waals surface area contributed by atoms with Gasteiger partial charge in [0.1, 0.15) is 0 Å². The van der Waals surface area contributed by atoms with Gasteiger partial charge in [-0.1, -0.05) is 13.8 Å².